The van der Waals surface area contributed by atoms with Gasteiger partial charge in [-0.05, 0) is 28.4 Å². The Morgan fingerprint density at radius 1 is 1.03 bits per heavy atom. The lowest BCUT2D eigenvalue weighted by molar-refractivity contribution is -0.330. The molecule has 0 amide bonds. The van der Waals surface area contributed by atoms with Crippen LogP contribution < -0.4 is 0 Å². The second-order valence-corrected chi connectivity index (χ2v) is 10.8. The second kappa shape index (κ2) is 8.25. The van der Waals surface area contributed by atoms with Gasteiger partial charge in [0.05, 0.1) is 10.0 Å². The maximum atomic E-state index is 13.9. The molecular weight excluding hydrogens is 587 g/mol. The van der Waals surface area contributed by atoms with Gasteiger partial charge in [-0.3, -0.25) is 0 Å². The zero-order valence-corrected chi connectivity index (χ0v) is 19.3. The summed E-state index contributed by atoms with van der Waals surface area (Å²) in [5.74, 6) is -6.20. The third kappa shape index (κ3) is 4.66. The van der Waals surface area contributed by atoms with Crippen molar-refractivity contribution < 1.29 is 30.7 Å². The van der Waals surface area contributed by atoms with E-state index in [4.69, 9.17) is 0 Å². The Morgan fingerprint density at radius 3 is 2.27 bits per heavy atom. The summed E-state index contributed by atoms with van der Waals surface area (Å²) in [7, 11) is 0. The van der Waals surface area contributed by atoms with Gasteiger partial charge in [-0.1, -0.05) is 62.2 Å². The fourth-order valence-corrected chi connectivity index (χ4v) is 6.73. The van der Waals surface area contributed by atoms with E-state index in [2.05, 4.69) is 36.8 Å². The van der Waals surface area contributed by atoms with E-state index in [1.165, 1.54) is 17.4 Å². The zero-order valence-electron chi connectivity index (χ0n) is 14.5. The summed E-state index contributed by atoms with van der Waals surface area (Å²) in [6.07, 6.45) is -3.91. The lowest BCUT2D eigenvalue weighted by atomic mass is 9.97. The van der Waals surface area contributed by atoms with E-state index in [-0.39, 0.29) is 6.42 Å². The van der Waals surface area contributed by atoms with Gasteiger partial charge in [0.1, 0.15) is 5.01 Å². The molecule has 0 saturated heterocycles. The minimum Gasteiger partial charge on any atom is -0.239 e. The molecule has 1 aromatic carbocycles. The first kappa shape index (κ1) is 23.8. The van der Waals surface area contributed by atoms with Gasteiger partial charge >= 0.3 is 17.4 Å². The average molecular weight is 597 g/mol. The smallest absolute Gasteiger partial charge is 0.239 e. The first-order chi connectivity index (χ1) is 13.8. The van der Waals surface area contributed by atoms with Crippen molar-refractivity contribution >= 4 is 55.0 Å². The first-order valence-corrected chi connectivity index (χ1v) is 11.3. The molecular formula is C18H10Br2F7NS2. The Hall–Kier alpha value is -0.850. The van der Waals surface area contributed by atoms with Crippen LogP contribution in [0.25, 0.3) is 10.6 Å². The summed E-state index contributed by atoms with van der Waals surface area (Å²) in [4.78, 5) is 4.03. The molecule has 0 fully saturated rings. The standard InChI is InChI=1S/C18H10Br2F7NS2/c19-11-6-12(30-18(26,27)16(21,22)17(23,24)25)8-15(20,7-11)13-9-29-14(28-13)10-4-2-1-3-5-10/h1-6,8-9H,7H2. The number of thioether (sulfide) groups is 1. The molecule has 1 unspecified atom stereocenters. The van der Waals surface area contributed by atoms with Crippen molar-refractivity contribution in [1.82, 2.24) is 4.98 Å². The number of hydrogen-bond donors (Lipinski definition) is 0. The molecule has 3 rings (SSSR count). The number of halogens is 9. The molecule has 1 aliphatic rings. The van der Waals surface area contributed by atoms with Gasteiger partial charge in [0.25, 0.3) is 0 Å². The molecule has 1 atom stereocenters. The summed E-state index contributed by atoms with van der Waals surface area (Å²) in [6.45, 7) is 0. The number of rotatable bonds is 5. The van der Waals surface area contributed by atoms with Crippen LogP contribution in [0.15, 0.2) is 57.3 Å². The maximum Gasteiger partial charge on any atom is 0.460 e. The van der Waals surface area contributed by atoms with Crippen LogP contribution in [0.3, 0.4) is 0 Å². The van der Waals surface area contributed by atoms with Crippen LogP contribution >= 0.6 is 55.0 Å². The molecule has 1 aromatic heterocycles. The van der Waals surface area contributed by atoms with Crippen molar-refractivity contribution in [2.45, 2.75) is 28.1 Å². The van der Waals surface area contributed by atoms with E-state index in [1.54, 1.807) is 5.38 Å². The molecule has 2 aromatic rings. The highest BCUT2D eigenvalue weighted by Gasteiger charge is 2.73. The number of benzene rings is 1. The van der Waals surface area contributed by atoms with E-state index in [0.29, 0.717) is 15.2 Å². The van der Waals surface area contributed by atoms with Crippen LogP contribution in [0, 0.1) is 0 Å². The van der Waals surface area contributed by atoms with Gasteiger partial charge in [0.2, 0.25) is 0 Å². The Bertz CT molecular complexity index is 986. The summed E-state index contributed by atoms with van der Waals surface area (Å²) < 4.78 is 90.8. The van der Waals surface area contributed by atoms with Crippen LogP contribution in [0.1, 0.15) is 12.1 Å². The quantitative estimate of drug-likeness (QED) is 0.254. The molecule has 1 heterocycles. The van der Waals surface area contributed by atoms with Crippen molar-refractivity contribution in [3.8, 4) is 10.6 Å². The lowest BCUT2D eigenvalue weighted by Crippen LogP contribution is -2.50. The SMILES string of the molecule is FC(F)(F)C(F)(F)C(F)(F)SC1=CC(Br)(c2csc(-c3ccccc3)n2)CC(Br)=C1. The van der Waals surface area contributed by atoms with Crippen LogP contribution in [-0.2, 0) is 4.32 Å². The predicted molar refractivity (Wildman–Crippen MR) is 111 cm³/mol. The highest BCUT2D eigenvalue weighted by molar-refractivity contribution is 9.12. The number of hydrogen-bond acceptors (Lipinski definition) is 3. The Labute approximate surface area is 191 Å². The van der Waals surface area contributed by atoms with Gasteiger partial charge in [-0.15, -0.1) is 11.3 Å². The van der Waals surface area contributed by atoms with Crippen LogP contribution in [0.5, 0.6) is 0 Å². The Morgan fingerprint density at radius 2 is 1.67 bits per heavy atom. The Kier molecular flexibility index (Phi) is 6.55. The van der Waals surface area contributed by atoms with Gasteiger partial charge < -0.3 is 0 Å². The molecule has 0 saturated carbocycles. The summed E-state index contributed by atoms with van der Waals surface area (Å²) in [6, 6.07) is 9.12. The molecule has 0 spiro atoms. The summed E-state index contributed by atoms with van der Waals surface area (Å²) >= 11 is 6.99. The molecule has 1 nitrogen and oxygen atoms in total. The molecule has 0 radical (unpaired) electrons. The van der Waals surface area contributed by atoms with Crippen molar-refractivity contribution in [2.24, 2.45) is 0 Å². The van der Waals surface area contributed by atoms with Gasteiger partial charge in [0.15, 0.2) is 0 Å². The monoisotopic (exact) mass is 595 g/mol. The van der Waals surface area contributed by atoms with Crippen molar-refractivity contribution in [1.29, 1.82) is 0 Å². The topological polar surface area (TPSA) is 12.9 Å². The average Bonchev–Trinajstić information content (AvgIpc) is 3.11. The second-order valence-electron chi connectivity index (χ2n) is 6.27. The fraction of sp³-hybridized carbons (Fsp3) is 0.278. The summed E-state index contributed by atoms with van der Waals surface area (Å²) in [5, 5.41) is -3.08. The van der Waals surface area contributed by atoms with Crippen LogP contribution in [0.4, 0.5) is 30.7 Å². The van der Waals surface area contributed by atoms with E-state index in [0.717, 1.165) is 11.6 Å². The van der Waals surface area contributed by atoms with E-state index in [1.807, 2.05) is 30.3 Å². The van der Waals surface area contributed by atoms with Crippen molar-refractivity contribution in [3.05, 3.63) is 62.9 Å². The molecule has 1 aliphatic carbocycles. The third-order valence-corrected chi connectivity index (χ3v) is 7.31. The van der Waals surface area contributed by atoms with Gasteiger partial charge in [0, 0.05) is 22.3 Å². The Balaban J connectivity index is 1.93. The predicted octanol–water partition coefficient (Wildman–Crippen LogP) is 8.49. The minimum atomic E-state index is -6.38. The summed E-state index contributed by atoms with van der Waals surface area (Å²) in [5.41, 5.74) is 1.24. The van der Waals surface area contributed by atoms with E-state index < -0.39 is 38.3 Å². The first-order valence-electron chi connectivity index (χ1n) is 8.06. The molecule has 162 valence electrons. The van der Waals surface area contributed by atoms with Gasteiger partial charge in [-0.2, -0.15) is 30.7 Å². The highest BCUT2D eigenvalue weighted by Crippen LogP contribution is 2.56. The molecule has 12 heteroatoms. The number of alkyl halides is 8. The molecule has 30 heavy (non-hydrogen) atoms. The lowest BCUT2D eigenvalue weighted by Gasteiger charge is -2.31. The minimum absolute atomic E-state index is 0.205. The van der Waals surface area contributed by atoms with Crippen molar-refractivity contribution in [3.63, 3.8) is 0 Å². The molecule has 0 N–H and O–H groups in total. The normalized spacial score (nSPS) is 20.7. The number of thiazole rings is 1. The van der Waals surface area contributed by atoms with E-state index >= 15 is 0 Å². The van der Waals surface area contributed by atoms with Crippen LogP contribution in [0.2, 0.25) is 0 Å². The number of aromatic nitrogens is 1. The molecule has 0 aliphatic heterocycles. The maximum absolute atomic E-state index is 13.9. The zero-order chi connectivity index (χ0) is 22.4. The molecule has 0 bridgehead atoms. The van der Waals surface area contributed by atoms with Gasteiger partial charge in [-0.25, -0.2) is 4.98 Å². The third-order valence-electron chi connectivity index (χ3n) is 4.01. The fourth-order valence-electron chi connectivity index (χ4n) is 2.55. The largest absolute Gasteiger partial charge is 0.460 e. The number of nitrogens with zero attached hydrogens (tertiary/aromatic N) is 1. The highest BCUT2D eigenvalue weighted by atomic mass is 79.9. The number of allylic oxidation sites excluding steroid dienone is 3. The van der Waals surface area contributed by atoms with E-state index in [9.17, 15) is 30.7 Å². The van der Waals surface area contributed by atoms with Crippen LogP contribution in [-0.4, -0.2) is 22.3 Å². The van der Waals surface area contributed by atoms with Crippen molar-refractivity contribution in [2.75, 3.05) is 0 Å².